The summed E-state index contributed by atoms with van der Waals surface area (Å²) in [6.45, 7) is 13.6. The van der Waals surface area contributed by atoms with Crippen molar-refractivity contribution in [2.45, 2.75) is 102 Å². The van der Waals surface area contributed by atoms with E-state index in [1.807, 2.05) is 11.9 Å². The lowest BCUT2D eigenvalue weighted by Crippen LogP contribution is -2.62. The number of nitrogens with zero attached hydrogens (tertiary/aromatic N) is 1. The van der Waals surface area contributed by atoms with Gasteiger partial charge in [0.15, 0.2) is 0 Å². The summed E-state index contributed by atoms with van der Waals surface area (Å²) >= 11 is 1.95. The second-order valence-corrected chi connectivity index (χ2v) is 12.9. The van der Waals surface area contributed by atoms with Crippen molar-refractivity contribution in [2.75, 3.05) is 26.2 Å². The number of nitrogens with one attached hydrogen (secondary N) is 4. The molecule has 0 radical (unpaired) electrons. The minimum atomic E-state index is 0.0138. The van der Waals surface area contributed by atoms with Crippen LogP contribution in [0, 0.1) is 25.7 Å². The highest BCUT2D eigenvalue weighted by molar-refractivity contribution is 7.98. The van der Waals surface area contributed by atoms with Crippen LogP contribution in [0.1, 0.15) is 75.1 Å². The van der Waals surface area contributed by atoms with E-state index in [0.717, 1.165) is 32.0 Å². The number of benzene rings is 1. The van der Waals surface area contributed by atoms with E-state index in [1.54, 1.807) is 0 Å². The first-order valence-electron chi connectivity index (χ1n) is 14.1. The molecule has 0 aromatic heterocycles. The summed E-state index contributed by atoms with van der Waals surface area (Å²) in [5.41, 5.74) is 4.16. The summed E-state index contributed by atoms with van der Waals surface area (Å²) in [6.07, 6.45) is 7.74. The van der Waals surface area contributed by atoms with Crippen LogP contribution in [0.15, 0.2) is 18.2 Å². The Hall–Kier alpha value is -0.670. The predicted molar refractivity (Wildman–Crippen MR) is 146 cm³/mol. The van der Waals surface area contributed by atoms with Gasteiger partial charge in [0.25, 0.3) is 0 Å². The molecule has 7 heteroatoms. The van der Waals surface area contributed by atoms with Gasteiger partial charge in [-0.1, -0.05) is 50.4 Å². The first-order valence-corrected chi connectivity index (χ1v) is 14.9. The summed E-state index contributed by atoms with van der Waals surface area (Å²) in [6, 6.07) is 7.40. The van der Waals surface area contributed by atoms with Crippen LogP contribution in [-0.4, -0.2) is 61.0 Å². The fourth-order valence-electron chi connectivity index (χ4n) is 6.90. The lowest BCUT2D eigenvalue weighted by molar-refractivity contribution is -0.0925. The SMILES string of the molecule is Cc1cccc(C)c1C1CC2NC(NSC3CCCC(C3)CN3CCNC[C@H](O2)[C@H]3CC(C)C)N1. The van der Waals surface area contributed by atoms with Gasteiger partial charge in [-0.25, -0.2) is 4.72 Å². The Morgan fingerprint density at radius 2 is 1.94 bits per heavy atom. The third kappa shape index (κ3) is 6.43. The van der Waals surface area contributed by atoms with Crippen molar-refractivity contribution in [1.82, 2.24) is 25.6 Å². The molecule has 1 aromatic rings. The van der Waals surface area contributed by atoms with Crippen molar-refractivity contribution in [1.29, 1.82) is 0 Å². The number of hydrogen-bond acceptors (Lipinski definition) is 7. The summed E-state index contributed by atoms with van der Waals surface area (Å²) in [4.78, 5) is 2.80. The summed E-state index contributed by atoms with van der Waals surface area (Å²) in [5.74, 6) is 1.45. The van der Waals surface area contributed by atoms with Gasteiger partial charge in [-0.2, -0.15) is 0 Å². The van der Waals surface area contributed by atoms with Crippen molar-refractivity contribution in [3.05, 3.63) is 34.9 Å². The van der Waals surface area contributed by atoms with Gasteiger partial charge in [-0.05, 0) is 68.1 Å². The normalized spacial score (nSPS) is 38.7. The average molecular weight is 502 g/mol. The third-order valence-electron chi connectivity index (χ3n) is 8.51. The molecule has 3 saturated heterocycles. The van der Waals surface area contributed by atoms with Crippen molar-refractivity contribution in [2.24, 2.45) is 11.8 Å². The topological polar surface area (TPSA) is 60.6 Å². The van der Waals surface area contributed by atoms with Gasteiger partial charge in [0.1, 0.15) is 12.5 Å². The summed E-state index contributed by atoms with van der Waals surface area (Å²) in [5, 5.41) is 12.1. The molecule has 3 heterocycles. The second-order valence-electron chi connectivity index (χ2n) is 11.8. The Bertz CT molecular complexity index is 817. The van der Waals surface area contributed by atoms with Crippen LogP contribution in [0.4, 0.5) is 0 Å². The molecule has 1 saturated carbocycles. The molecule has 4 N–H and O–H groups in total. The smallest absolute Gasteiger partial charge is 0.123 e. The highest BCUT2D eigenvalue weighted by atomic mass is 32.2. The zero-order valence-electron chi connectivity index (χ0n) is 22.2. The van der Waals surface area contributed by atoms with Crippen LogP contribution in [0.2, 0.25) is 0 Å². The number of rotatable bonds is 3. The molecule has 0 spiro atoms. The molecule has 4 aliphatic rings. The minimum Gasteiger partial charge on any atom is -0.357 e. The summed E-state index contributed by atoms with van der Waals surface area (Å²) in [7, 11) is 0. The third-order valence-corrected chi connectivity index (χ3v) is 9.65. The van der Waals surface area contributed by atoms with Gasteiger partial charge >= 0.3 is 0 Å². The first kappa shape index (κ1) is 26.0. The molecule has 196 valence electrons. The molecule has 6 nitrogen and oxygen atoms in total. The monoisotopic (exact) mass is 501 g/mol. The van der Waals surface area contributed by atoms with Gasteiger partial charge in [0.2, 0.25) is 0 Å². The van der Waals surface area contributed by atoms with Crippen molar-refractivity contribution < 1.29 is 4.74 Å². The van der Waals surface area contributed by atoms with Gasteiger partial charge in [0.05, 0.1) is 6.10 Å². The Kier molecular flexibility index (Phi) is 8.75. The maximum atomic E-state index is 7.04. The van der Waals surface area contributed by atoms with Crippen LogP contribution in [0.3, 0.4) is 0 Å². The van der Waals surface area contributed by atoms with Crippen LogP contribution >= 0.6 is 11.9 Å². The zero-order chi connectivity index (χ0) is 24.4. The molecule has 1 aromatic carbocycles. The molecule has 0 amide bonds. The fraction of sp³-hybridized carbons (Fsp3) is 0.786. The van der Waals surface area contributed by atoms with Gasteiger partial charge in [0, 0.05) is 49.9 Å². The van der Waals surface area contributed by atoms with Gasteiger partial charge < -0.3 is 10.1 Å². The Morgan fingerprint density at radius 3 is 2.74 bits per heavy atom. The molecule has 1 aliphatic carbocycles. The number of fused-ring (bicyclic) bond motifs is 6. The lowest BCUT2D eigenvalue weighted by Gasteiger charge is -2.42. The maximum absolute atomic E-state index is 7.04. The highest BCUT2D eigenvalue weighted by Crippen LogP contribution is 2.35. The van der Waals surface area contributed by atoms with E-state index in [2.05, 4.69) is 71.5 Å². The van der Waals surface area contributed by atoms with E-state index in [-0.39, 0.29) is 24.7 Å². The number of ether oxygens (including phenoxy) is 1. The molecule has 5 rings (SSSR count). The largest absolute Gasteiger partial charge is 0.357 e. The van der Waals surface area contributed by atoms with Crippen molar-refractivity contribution in [3.8, 4) is 0 Å². The molecular weight excluding hydrogens is 454 g/mol. The minimum absolute atomic E-state index is 0.0138. The van der Waals surface area contributed by atoms with E-state index in [1.165, 1.54) is 55.3 Å². The Morgan fingerprint density at radius 1 is 1.11 bits per heavy atom. The van der Waals surface area contributed by atoms with Crippen LogP contribution in [-0.2, 0) is 4.74 Å². The second kappa shape index (κ2) is 11.8. The van der Waals surface area contributed by atoms with Crippen LogP contribution < -0.4 is 20.7 Å². The van der Waals surface area contributed by atoms with Gasteiger partial charge in [-0.3, -0.25) is 15.5 Å². The van der Waals surface area contributed by atoms with Crippen molar-refractivity contribution in [3.63, 3.8) is 0 Å². The standard InChI is InChI=1S/C28H47N5OS/c1-18(2)13-24-25-16-29-11-12-33(24)17-21-9-6-10-22(14-21)35-32-28-30-23(15-26(31-28)34-25)27-19(3)7-5-8-20(27)4/h5,7-8,18,21-26,28-32H,6,9-17H2,1-4H3/t21?,22?,23?,24-,25+,26?,28?/m1/s1. The van der Waals surface area contributed by atoms with Crippen molar-refractivity contribution >= 4 is 11.9 Å². The van der Waals surface area contributed by atoms with Crippen LogP contribution in [0.5, 0.6) is 0 Å². The number of hydrogen-bond donors (Lipinski definition) is 4. The van der Waals surface area contributed by atoms with E-state index >= 15 is 0 Å². The molecular formula is C28H47N5OS. The maximum Gasteiger partial charge on any atom is 0.123 e. The Balaban J connectivity index is 1.45. The van der Waals surface area contributed by atoms with E-state index in [0.29, 0.717) is 17.2 Å². The highest BCUT2D eigenvalue weighted by Gasteiger charge is 2.38. The average Bonchev–Trinajstić information content (AvgIpc) is 2.99. The van der Waals surface area contributed by atoms with Gasteiger partial charge in [-0.15, -0.1) is 0 Å². The fourth-order valence-corrected chi connectivity index (χ4v) is 8.02. The molecule has 35 heavy (non-hydrogen) atoms. The Labute approximate surface area is 217 Å². The van der Waals surface area contributed by atoms with E-state index in [4.69, 9.17) is 4.74 Å². The molecule has 4 fully saturated rings. The zero-order valence-corrected chi connectivity index (χ0v) is 23.0. The lowest BCUT2D eigenvalue weighted by atomic mass is 9.87. The molecule has 6 unspecified atom stereocenters. The van der Waals surface area contributed by atoms with Crippen LogP contribution in [0.25, 0.3) is 0 Å². The predicted octanol–water partition coefficient (Wildman–Crippen LogP) is 4.05. The van der Waals surface area contributed by atoms with E-state index < -0.39 is 0 Å². The molecule has 6 bridgehead atoms. The van der Waals surface area contributed by atoms with E-state index in [9.17, 15) is 0 Å². The molecule has 3 aliphatic heterocycles. The molecule has 8 atom stereocenters. The summed E-state index contributed by atoms with van der Waals surface area (Å²) < 4.78 is 10.8. The number of aryl methyl sites for hydroxylation is 2. The quantitative estimate of drug-likeness (QED) is 0.466. The first-order chi connectivity index (χ1) is 17.0.